The first-order chi connectivity index (χ1) is 19.0. The first-order valence-electron chi connectivity index (χ1n) is 13.3. The van der Waals surface area contributed by atoms with E-state index in [0.29, 0.717) is 48.5 Å². The number of imidazole rings is 1. The molecular formula is C28H30F2N8O. The van der Waals surface area contributed by atoms with Gasteiger partial charge in [0.15, 0.2) is 17.5 Å². The van der Waals surface area contributed by atoms with Crippen LogP contribution in [0, 0.1) is 17.6 Å². The van der Waals surface area contributed by atoms with Crippen LogP contribution in [0.4, 0.5) is 14.7 Å². The quantitative estimate of drug-likeness (QED) is 0.417. The van der Waals surface area contributed by atoms with Crippen molar-refractivity contribution in [1.82, 2.24) is 34.3 Å². The minimum absolute atomic E-state index is 0.00936. The number of nitrogen functional groups attached to an aromatic ring is 1. The monoisotopic (exact) mass is 532 g/mol. The molecule has 2 N–H and O–H groups in total. The van der Waals surface area contributed by atoms with Crippen LogP contribution in [0.2, 0.25) is 0 Å². The molecule has 2 aliphatic heterocycles. The Morgan fingerprint density at radius 1 is 0.949 bits per heavy atom. The minimum Gasteiger partial charge on any atom is -0.368 e. The van der Waals surface area contributed by atoms with Gasteiger partial charge in [-0.05, 0) is 50.9 Å². The van der Waals surface area contributed by atoms with Gasteiger partial charge in [0, 0.05) is 67.9 Å². The lowest BCUT2D eigenvalue weighted by Gasteiger charge is -2.38. The van der Waals surface area contributed by atoms with Gasteiger partial charge in [-0.25, -0.2) is 23.7 Å². The van der Waals surface area contributed by atoms with Gasteiger partial charge in [-0.3, -0.25) is 14.7 Å². The fourth-order valence-electron chi connectivity index (χ4n) is 5.78. The average Bonchev–Trinajstić information content (AvgIpc) is 3.33. The topological polar surface area (TPSA) is 106 Å². The zero-order valence-corrected chi connectivity index (χ0v) is 21.5. The Bertz CT molecular complexity index is 1460. The molecule has 0 saturated carbocycles. The number of nitrogens with two attached hydrogens (primary N) is 1. The molecule has 3 aromatic heterocycles. The standard InChI is InChI=1S/C28H30F2N8O/c29-21-13-24-25(14-22(21)30)38(26(35-24)23-3-1-2-8-32-23)20-6-11-37(12-7-20)27(39)19-4-9-36(10-5-19)17-18-15-33-28(31)34-16-18/h1-3,8,13-16,19-20H,4-7,9-12,17H2,(H2,31,33,34). The molecule has 4 aromatic rings. The minimum atomic E-state index is -0.923. The van der Waals surface area contributed by atoms with Crippen LogP contribution in [0.3, 0.4) is 0 Å². The number of hydrogen-bond acceptors (Lipinski definition) is 7. The molecule has 0 unspecified atom stereocenters. The Labute approximate surface area is 224 Å². The molecular weight excluding hydrogens is 502 g/mol. The number of carbonyl (C=O) groups excluding carboxylic acids is 1. The molecule has 2 aliphatic rings. The number of carbonyl (C=O) groups is 1. The summed E-state index contributed by atoms with van der Waals surface area (Å²) in [4.78, 5) is 34.8. The molecule has 2 fully saturated rings. The smallest absolute Gasteiger partial charge is 0.225 e. The van der Waals surface area contributed by atoms with Gasteiger partial charge in [0.25, 0.3) is 0 Å². The van der Waals surface area contributed by atoms with E-state index in [9.17, 15) is 13.6 Å². The molecule has 11 heteroatoms. The molecule has 202 valence electrons. The van der Waals surface area contributed by atoms with Crippen molar-refractivity contribution >= 4 is 22.9 Å². The van der Waals surface area contributed by atoms with Crippen molar-refractivity contribution in [3.63, 3.8) is 0 Å². The van der Waals surface area contributed by atoms with E-state index in [0.717, 1.165) is 44.1 Å². The maximum atomic E-state index is 14.2. The van der Waals surface area contributed by atoms with Gasteiger partial charge in [0.2, 0.25) is 11.9 Å². The van der Waals surface area contributed by atoms with Crippen LogP contribution in [-0.2, 0) is 11.3 Å². The SMILES string of the molecule is Nc1ncc(CN2CCC(C(=O)N3CCC(n4c(-c5ccccn5)nc5cc(F)c(F)cc54)CC3)CC2)cn1. The first-order valence-corrected chi connectivity index (χ1v) is 13.3. The van der Waals surface area contributed by atoms with Gasteiger partial charge in [0.1, 0.15) is 5.69 Å². The summed E-state index contributed by atoms with van der Waals surface area (Å²) >= 11 is 0. The third-order valence-electron chi connectivity index (χ3n) is 7.84. The van der Waals surface area contributed by atoms with Gasteiger partial charge in [-0.15, -0.1) is 0 Å². The van der Waals surface area contributed by atoms with Crippen molar-refractivity contribution in [3.8, 4) is 11.5 Å². The number of amides is 1. The van der Waals surface area contributed by atoms with E-state index in [2.05, 4.69) is 24.8 Å². The van der Waals surface area contributed by atoms with Crippen LogP contribution in [-0.4, -0.2) is 66.4 Å². The van der Waals surface area contributed by atoms with Crippen molar-refractivity contribution in [2.24, 2.45) is 5.92 Å². The summed E-state index contributed by atoms with van der Waals surface area (Å²) in [5.41, 5.74) is 8.16. The lowest BCUT2D eigenvalue weighted by Crippen LogP contribution is -2.45. The number of aromatic nitrogens is 5. The predicted octanol–water partition coefficient (Wildman–Crippen LogP) is 3.82. The third-order valence-corrected chi connectivity index (χ3v) is 7.84. The molecule has 0 radical (unpaired) electrons. The molecule has 0 spiro atoms. The van der Waals surface area contributed by atoms with Crippen molar-refractivity contribution in [2.75, 3.05) is 31.9 Å². The Morgan fingerprint density at radius 2 is 1.67 bits per heavy atom. The van der Waals surface area contributed by atoms with Gasteiger partial charge in [-0.1, -0.05) is 6.07 Å². The lowest BCUT2D eigenvalue weighted by atomic mass is 9.93. The van der Waals surface area contributed by atoms with E-state index >= 15 is 0 Å². The molecule has 0 atom stereocenters. The van der Waals surface area contributed by atoms with Crippen LogP contribution in [0.1, 0.15) is 37.3 Å². The van der Waals surface area contributed by atoms with E-state index in [1.807, 2.05) is 27.7 Å². The van der Waals surface area contributed by atoms with Crippen molar-refractivity contribution < 1.29 is 13.6 Å². The van der Waals surface area contributed by atoms with E-state index < -0.39 is 11.6 Å². The maximum absolute atomic E-state index is 14.2. The third kappa shape index (κ3) is 5.18. The zero-order valence-electron chi connectivity index (χ0n) is 21.5. The van der Waals surface area contributed by atoms with Crippen molar-refractivity contribution in [1.29, 1.82) is 0 Å². The van der Waals surface area contributed by atoms with Crippen LogP contribution in [0.5, 0.6) is 0 Å². The van der Waals surface area contributed by atoms with Crippen LogP contribution in [0.15, 0.2) is 48.9 Å². The summed E-state index contributed by atoms with van der Waals surface area (Å²) in [5.74, 6) is -0.762. The molecule has 2 saturated heterocycles. The second-order valence-electron chi connectivity index (χ2n) is 10.3. The molecule has 5 heterocycles. The Morgan fingerprint density at radius 3 is 2.36 bits per heavy atom. The summed E-state index contributed by atoms with van der Waals surface area (Å²) < 4.78 is 30.2. The van der Waals surface area contributed by atoms with Crippen LogP contribution < -0.4 is 5.73 Å². The Kier molecular flexibility index (Phi) is 6.90. The number of piperidine rings is 2. The first kappa shape index (κ1) is 25.3. The molecule has 9 nitrogen and oxygen atoms in total. The van der Waals surface area contributed by atoms with E-state index in [1.165, 1.54) is 6.07 Å². The summed E-state index contributed by atoms with van der Waals surface area (Å²) in [5, 5.41) is 0. The number of rotatable bonds is 5. The highest BCUT2D eigenvalue weighted by Gasteiger charge is 2.32. The van der Waals surface area contributed by atoms with Gasteiger partial charge in [0.05, 0.1) is 11.0 Å². The molecule has 0 aliphatic carbocycles. The summed E-state index contributed by atoms with van der Waals surface area (Å²) in [7, 11) is 0. The predicted molar refractivity (Wildman–Crippen MR) is 142 cm³/mol. The number of pyridine rings is 1. The Balaban J connectivity index is 1.12. The number of benzene rings is 1. The number of halogens is 2. The lowest BCUT2D eigenvalue weighted by molar-refractivity contribution is -0.138. The van der Waals surface area contributed by atoms with E-state index in [-0.39, 0.29) is 23.8 Å². The van der Waals surface area contributed by atoms with Crippen molar-refractivity contribution in [3.05, 3.63) is 66.1 Å². The molecule has 6 rings (SSSR count). The molecule has 0 bridgehead atoms. The Hall–Kier alpha value is -3.99. The largest absolute Gasteiger partial charge is 0.368 e. The highest BCUT2D eigenvalue weighted by molar-refractivity contribution is 5.81. The highest BCUT2D eigenvalue weighted by Crippen LogP contribution is 2.34. The normalized spacial score (nSPS) is 17.6. The number of anilines is 1. The number of likely N-dealkylation sites (tertiary alicyclic amines) is 2. The second-order valence-corrected chi connectivity index (χ2v) is 10.3. The zero-order chi connectivity index (χ0) is 26.9. The van der Waals surface area contributed by atoms with Crippen LogP contribution in [0.25, 0.3) is 22.6 Å². The summed E-state index contributed by atoms with van der Waals surface area (Å²) in [6, 6.07) is 7.87. The fraction of sp³-hybridized carbons (Fsp3) is 0.393. The van der Waals surface area contributed by atoms with E-state index in [4.69, 9.17) is 5.73 Å². The second kappa shape index (κ2) is 10.6. The summed E-state index contributed by atoms with van der Waals surface area (Å²) in [6.07, 6.45) is 8.20. The van der Waals surface area contributed by atoms with E-state index in [1.54, 1.807) is 18.6 Å². The average molecular weight is 533 g/mol. The number of fused-ring (bicyclic) bond motifs is 1. The number of hydrogen-bond donors (Lipinski definition) is 1. The summed E-state index contributed by atoms with van der Waals surface area (Å²) in [6.45, 7) is 3.64. The molecule has 1 aromatic carbocycles. The van der Waals surface area contributed by atoms with Gasteiger partial charge >= 0.3 is 0 Å². The highest BCUT2D eigenvalue weighted by atomic mass is 19.2. The molecule has 1 amide bonds. The fourth-order valence-corrected chi connectivity index (χ4v) is 5.78. The molecule has 39 heavy (non-hydrogen) atoms. The van der Waals surface area contributed by atoms with Gasteiger partial charge < -0.3 is 15.2 Å². The van der Waals surface area contributed by atoms with Crippen molar-refractivity contribution in [2.45, 2.75) is 38.3 Å². The van der Waals surface area contributed by atoms with Crippen LogP contribution >= 0.6 is 0 Å². The number of nitrogens with zero attached hydrogens (tertiary/aromatic N) is 7. The van der Waals surface area contributed by atoms with Gasteiger partial charge in [-0.2, -0.15) is 0 Å². The maximum Gasteiger partial charge on any atom is 0.225 e.